The molecule has 4 saturated carbocycles. The maximum absolute atomic E-state index is 13.7. The Bertz CT molecular complexity index is 891. The Labute approximate surface area is 176 Å². The molecule has 7 nitrogen and oxygen atoms in total. The maximum Gasteiger partial charge on any atom is 0.228 e. The van der Waals surface area contributed by atoms with Crippen molar-refractivity contribution in [3.05, 3.63) is 24.5 Å². The van der Waals surface area contributed by atoms with Crippen LogP contribution >= 0.6 is 0 Å². The van der Waals surface area contributed by atoms with Gasteiger partial charge >= 0.3 is 0 Å². The second-order valence-electron chi connectivity index (χ2n) is 10.3. The molecule has 0 radical (unpaired) electrons. The van der Waals surface area contributed by atoms with Crippen LogP contribution in [0, 0.1) is 29.1 Å². The standard InChI is InChI=1S/C23H29N5O2/c29-22(23-10-16-6-17(11-23)8-18(7-16)12-23)28-5-1-2-15(14-28)9-20-26-21(27-30-20)19-13-24-3-4-25-19/h3-4,13,15-18H,1-2,5-12,14H2. The highest BCUT2D eigenvalue weighted by Crippen LogP contribution is 2.60. The third-order valence-electron chi connectivity index (χ3n) is 8.02. The van der Waals surface area contributed by atoms with Crippen molar-refractivity contribution in [1.29, 1.82) is 0 Å². The van der Waals surface area contributed by atoms with E-state index < -0.39 is 0 Å². The minimum atomic E-state index is -0.0414. The van der Waals surface area contributed by atoms with Crippen molar-refractivity contribution >= 4 is 5.91 Å². The van der Waals surface area contributed by atoms with Gasteiger partial charge in [0.25, 0.3) is 0 Å². The smallest absolute Gasteiger partial charge is 0.228 e. The molecule has 5 fully saturated rings. The van der Waals surface area contributed by atoms with E-state index in [0.717, 1.165) is 69.4 Å². The van der Waals surface area contributed by atoms with E-state index in [2.05, 4.69) is 25.0 Å². The molecule has 2 aromatic rings. The molecule has 0 N–H and O–H groups in total. The molecule has 30 heavy (non-hydrogen) atoms. The van der Waals surface area contributed by atoms with E-state index in [1.165, 1.54) is 19.3 Å². The van der Waals surface area contributed by atoms with Gasteiger partial charge < -0.3 is 9.42 Å². The number of nitrogens with zero attached hydrogens (tertiary/aromatic N) is 5. The Morgan fingerprint density at radius 2 is 1.90 bits per heavy atom. The van der Waals surface area contributed by atoms with Gasteiger partial charge in [-0.1, -0.05) is 5.16 Å². The van der Waals surface area contributed by atoms with Crippen LogP contribution in [0.15, 0.2) is 23.1 Å². The summed E-state index contributed by atoms with van der Waals surface area (Å²) in [7, 11) is 0. The number of carbonyl (C=O) groups is 1. The Kier molecular flexibility index (Phi) is 4.39. The first-order valence-corrected chi connectivity index (χ1v) is 11.6. The number of carbonyl (C=O) groups excluding carboxylic acids is 1. The summed E-state index contributed by atoms with van der Waals surface area (Å²) in [6.07, 6.45) is 15.3. The molecule has 1 unspecified atom stereocenters. The van der Waals surface area contributed by atoms with Crippen molar-refractivity contribution < 1.29 is 9.32 Å². The van der Waals surface area contributed by atoms with Crippen molar-refractivity contribution in [3.8, 4) is 11.5 Å². The third kappa shape index (κ3) is 3.22. The molecular weight excluding hydrogens is 378 g/mol. The van der Waals surface area contributed by atoms with E-state index in [4.69, 9.17) is 4.52 Å². The first-order valence-electron chi connectivity index (χ1n) is 11.6. The minimum absolute atomic E-state index is 0.0414. The summed E-state index contributed by atoms with van der Waals surface area (Å²) in [5.74, 6) is 4.36. The van der Waals surface area contributed by atoms with E-state index in [-0.39, 0.29) is 5.41 Å². The molecular formula is C23H29N5O2. The van der Waals surface area contributed by atoms with Gasteiger partial charge in [-0.05, 0) is 75.0 Å². The first kappa shape index (κ1) is 18.5. The van der Waals surface area contributed by atoms with Crippen LogP contribution in [0.25, 0.3) is 11.5 Å². The van der Waals surface area contributed by atoms with Crippen LogP contribution in [-0.4, -0.2) is 44.0 Å². The molecule has 1 aliphatic heterocycles. The zero-order valence-corrected chi connectivity index (χ0v) is 17.4. The SMILES string of the molecule is O=C(N1CCCC(Cc2nc(-c3cnccn3)no2)C1)C12CC3CC(CC(C3)C1)C2. The Hall–Kier alpha value is -2.31. The van der Waals surface area contributed by atoms with Crippen LogP contribution in [-0.2, 0) is 11.2 Å². The predicted molar refractivity (Wildman–Crippen MR) is 109 cm³/mol. The fraction of sp³-hybridized carbons (Fsp3) is 0.696. The molecule has 0 aromatic carbocycles. The maximum atomic E-state index is 13.7. The highest BCUT2D eigenvalue weighted by Gasteiger charge is 2.55. The van der Waals surface area contributed by atoms with Crippen LogP contribution < -0.4 is 0 Å². The quantitative estimate of drug-likeness (QED) is 0.771. The second kappa shape index (κ2) is 7.13. The summed E-state index contributed by atoms with van der Waals surface area (Å²) in [5.41, 5.74) is 0.579. The van der Waals surface area contributed by atoms with Gasteiger partial charge in [-0.15, -0.1) is 0 Å². The zero-order chi connectivity index (χ0) is 20.1. The number of aromatic nitrogens is 4. The lowest BCUT2D eigenvalue weighted by Crippen LogP contribution is -2.56. The van der Waals surface area contributed by atoms with Gasteiger partial charge in [0.15, 0.2) is 0 Å². The number of piperidine rings is 1. The third-order valence-corrected chi connectivity index (χ3v) is 8.02. The number of amides is 1. The number of hydrogen-bond acceptors (Lipinski definition) is 6. The number of rotatable bonds is 4. The molecule has 3 heterocycles. The number of likely N-dealkylation sites (tertiary alicyclic amines) is 1. The van der Waals surface area contributed by atoms with Gasteiger partial charge in [-0.2, -0.15) is 4.98 Å². The summed E-state index contributed by atoms with van der Waals surface area (Å²) in [4.78, 5) is 28.7. The van der Waals surface area contributed by atoms with Crippen LogP contribution in [0.1, 0.15) is 57.3 Å². The molecule has 4 aliphatic carbocycles. The number of hydrogen-bond donors (Lipinski definition) is 0. The van der Waals surface area contributed by atoms with Gasteiger partial charge in [0.2, 0.25) is 17.6 Å². The summed E-state index contributed by atoms with van der Waals surface area (Å²) in [6.45, 7) is 1.73. The topological polar surface area (TPSA) is 85.0 Å². The summed E-state index contributed by atoms with van der Waals surface area (Å²) < 4.78 is 5.49. The molecule has 5 aliphatic rings. The molecule has 7 rings (SSSR count). The summed E-state index contributed by atoms with van der Waals surface area (Å²) >= 11 is 0. The lowest BCUT2D eigenvalue weighted by Gasteiger charge is -2.57. The zero-order valence-electron chi connectivity index (χ0n) is 17.4. The lowest BCUT2D eigenvalue weighted by atomic mass is 9.49. The van der Waals surface area contributed by atoms with E-state index in [9.17, 15) is 4.79 Å². The second-order valence-corrected chi connectivity index (χ2v) is 10.3. The van der Waals surface area contributed by atoms with E-state index in [1.54, 1.807) is 18.6 Å². The fourth-order valence-corrected chi connectivity index (χ4v) is 7.23. The lowest BCUT2D eigenvalue weighted by molar-refractivity contribution is -0.159. The van der Waals surface area contributed by atoms with Gasteiger partial charge in [0.05, 0.1) is 11.6 Å². The summed E-state index contributed by atoms with van der Waals surface area (Å²) in [5, 5.41) is 4.06. The Morgan fingerprint density at radius 1 is 1.13 bits per heavy atom. The van der Waals surface area contributed by atoms with E-state index in [1.807, 2.05) is 0 Å². The van der Waals surface area contributed by atoms with Gasteiger partial charge in [0, 0.05) is 31.9 Å². The van der Waals surface area contributed by atoms with E-state index in [0.29, 0.717) is 29.2 Å². The highest BCUT2D eigenvalue weighted by molar-refractivity contribution is 5.83. The van der Waals surface area contributed by atoms with Crippen molar-refractivity contribution in [3.63, 3.8) is 0 Å². The van der Waals surface area contributed by atoms with Gasteiger partial charge in [-0.3, -0.25) is 9.78 Å². The molecule has 0 spiro atoms. The molecule has 1 saturated heterocycles. The van der Waals surface area contributed by atoms with Crippen LogP contribution in [0.3, 0.4) is 0 Å². The minimum Gasteiger partial charge on any atom is -0.342 e. The van der Waals surface area contributed by atoms with Crippen LogP contribution in [0.5, 0.6) is 0 Å². The molecule has 1 atom stereocenters. The van der Waals surface area contributed by atoms with Crippen molar-refractivity contribution in [1.82, 2.24) is 25.0 Å². The Morgan fingerprint density at radius 3 is 2.60 bits per heavy atom. The summed E-state index contributed by atoms with van der Waals surface area (Å²) in [6, 6.07) is 0. The van der Waals surface area contributed by atoms with Gasteiger partial charge in [0.1, 0.15) is 5.69 Å². The molecule has 158 valence electrons. The van der Waals surface area contributed by atoms with Crippen LogP contribution in [0.2, 0.25) is 0 Å². The normalized spacial score (nSPS) is 35.0. The average Bonchev–Trinajstić information content (AvgIpc) is 3.21. The van der Waals surface area contributed by atoms with Gasteiger partial charge in [-0.25, -0.2) is 4.98 Å². The van der Waals surface area contributed by atoms with E-state index >= 15 is 0 Å². The molecule has 7 heteroatoms. The van der Waals surface area contributed by atoms with Crippen molar-refractivity contribution in [2.45, 2.75) is 57.8 Å². The molecule has 1 amide bonds. The van der Waals surface area contributed by atoms with Crippen molar-refractivity contribution in [2.24, 2.45) is 29.1 Å². The first-order chi connectivity index (χ1) is 14.7. The highest BCUT2D eigenvalue weighted by atomic mass is 16.5. The largest absolute Gasteiger partial charge is 0.342 e. The van der Waals surface area contributed by atoms with Crippen LogP contribution in [0.4, 0.5) is 0 Å². The monoisotopic (exact) mass is 407 g/mol. The fourth-order valence-electron chi connectivity index (χ4n) is 7.23. The predicted octanol–water partition coefficient (Wildman–Crippen LogP) is 3.52. The average molecular weight is 408 g/mol. The van der Waals surface area contributed by atoms with Crippen molar-refractivity contribution in [2.75, 3.05) is 13.1 Å². The molecule has 4 bridgehead atoms. The Balaban J connectivity index is 1.13. The molecule has 2 aromatic heterocycles.